The van der Waals surface area contributed by atoms with E-state index in [9.17, 15) is 37.1 Å². The van der Waals surface area contributed by atoms with Gasteiger partial charge in [-0.05, 0) is 92.8 Å². The second-order valence-corrected chi connectivity index (χ2v) is 13.6. The zero-order valence-corrected chi connectivity index (χ0v) is 33.2. The zero-order valence-electron chi connectivity index (χ0n) is 32.4. The van der Waals surface area contributed by atoms with E-state index in [-0.39, 0.29) is 72.5 Å². The Morgan fingerprint density at radius 2 is 1.64 bits per heavy atom. The fourth-order valence-corrected chi connectivity index (χ4v) is 6.63. The number of rotatable bonds is 19. The first-order valence-electron chi connectivity index (χ1n) is 18.1. The molecule has 0 bridgehead atoms. The van der Waals surface area contributed by atoms with Gasteiger partial charge in [-0.1, -0.05) is 18.2 Å². The number of carbonyl (C=O) groups excluding carboxylic acids is 5. The van der Waals surface area contributed by atoms with Gasteiger partial charge in [0.25, 0.3) is 23.0 Å². The molecule has 59 heavy (non-hydrogen) atoms. The second kappa shape index (κ2) is 21.7. The van der Waals surface area contributed by atoms with Crippen LogP contribution in [0.25, 0.3) is 6.08 Å². The van der Waals surface area contributed by atoms with E-state index in [1.54, 1.807) is 30.3 Å². The van der Waals surface area contributed by atoms with Crippen LogP contribution in [0.5, 0.6) is 17.2 Å². The molecule has 0 aliphatic carbocycles. The molecule has 0 aromatic heterocycles. The van der Waals surface area contributed by atoms with Crippen LogP contribution in [-0.4, -0.2) is 106 Å². The van der Waals surface area contributed by atoms with Crippen molar-refractivity contribution in [3.63, 3.8) is 0 Å². The Hall–Kier alpha value is -6.00. The van der Waals surface area contributed by atoms with Crippen LogP contribution in [0.3, 0.4) is 0 Å². The average molecular weight is 838 g/mol. The molecule has 0 spiro atoms. The predicted molar refractivity (Wildman–Crippen MR) is 213 cm³/mol. The van der Waals surface area contributed by atoms with Crippen LogP contribution in [0.15, 0.2) is 72.2 Å². The molecule has 5 rings (SSSR count). The fourth-order valence-electron chi connectivity index (χ4n) is 5.77. The highest BCUT2D eigenvalue weighted by Gasteiger charge is 2.41. The zero-order chi connectivity index (χ0) is 43.1. The number of ether oxygens (including phenoxy) is 4. The average Bonchev–Trinajstić information content (AvgIpc) is 3.63. The number of nitrogens with one attached hydrogen (secondary N) is 2. The molecule has 2 aliphatic heterocycles. The van der Waals surface area contributed by atoms with Crippen molar-refractivity contribution in [1.82, 2.24) is 15.1 Å². The van der Waals surface area contributed by atoms with E-state index < -0.39 is 46.5 Å². The molecule has 3 aromatic carbocycles. The van der Waals surface area contributed by atoms with Crippen LogP contribution < -0.4 is 20.1 Å². The lowest BCUT2D eigenvalue weighted by Crippen LogP contribution is -2.40. The number of halogens is 3. The van der Waals surface area contributed by atoms with Crippen LogP contribution in [0.2, 0.25) is 0 Å². The Labute approximate surface area is 342 Å². The van der Waals surface area contributed by atoms with Crippen LogP contribution in [0.4, 0.5) is 23.7 Å². The standard InChI is InChI=1S/C39H35F3N4O9S.C2H7N/c1-3-4-6-26(23-47)46-35(48)27-7-5-8-29(34(27)37(46)50)44-13-15-53-17-18-54-16-14-45-36(49)33(56-38(45)51)21-24-9-12-31(32(20-24)52-2)55-30-11-10-25(22-43)19-28(30)39(40,41)42;1-3-2/h3,5,7-12,19-21,23,26,44H,1,4,6,13-18H2,2H3;3H,1-2H3/b33-21-;. The number of aldehydes is 1. The summed E-state index contributed by atoms with van der Waals surface area (Å²) >= 11 is 0.720. The molecule has 3 aromatic rings. The first-order valence-corrected chi connectivity index (χ1v) is 18.9. The largest absolute Gasteiger partial charge is 0.493 e. The summed E-state index contributed by atoms with van der Waals surface area (Å²) in [6, 6.07) is 12.8. The molecule has 312 valence electrons. The summed E-state index contributed by atoms with van der Waals surface area (Å²) in [5, 5.41) is 14.4. The van der Waals surface area contributed by atoms with Gasteiger partial charge in [-0.25, -0.2) is 0 Å². The second-order valence-electron chi connectivity index (χ2n) is 12.6. The van der Waals surface area contributed by atoms with Crippen molar-refractivity contribution in [1.29, 1.82) is 5.26 Å². The molecule has 1 atom stereocenters. The van der Waals surface area contributed by atoms with E-state index in [1.165, 1.54) is 37.5 Å². The maximum absolute atomic E-state index is 13.6. The smallest absolute Gasteiger partial charge is 0.420 e. The minimum absolute atomic E-state index is 0.0206. The summed E-state index contributed by atoms with van der Waals surface area (Å²) in [4.78, 5) is 65.5. The van der Waals surface area contributed by atoms with Crippen LogP contribution in [0.1, 0.15) is 50.2 Å². The van der Waals surface area contributed by atoms with Gasteiger partial charge >= 0.3 is 6.18 Å². The molecule has 14 nitrogen and oxygen atoms in total. The molecule has 2 N–H and O–H groups in total. The topological polar surface area (TPSA) is 177 Å². The van der Waals surface area contributed by atoms with Gasteiger partial charge in [-0.15, -0.1) is 6.58 Å². The van der Waals surface area contributed by atoms with Crippen molar-refractivity contribution in [2.45, 2.75) is 25.1 Å². The van der Waals surface area contributed by atoms with Crippen molar-refractivity contribution in [2.24, 2.45) is 0 Å². The number of benzene rings is 3. The molecule has 1 fully saturated rings. The van der Waals surface area contributed by atoms with Gasteiger partial charge in [-0.2, -0.15) is 18.4 Å². The number of methoxy groups -OCH3 is 1. The number of anilines is 1. The first kappa shape index (κ1) is 45.7. The van der Waals surface area contributed by atoms with Gasteiger partial charge in [0.2, 0.25) is 0 Å². The van der Waals surface area contributed by atoms with E-state index in [4.69, 9.17) is 24.2 Å². The molecule has 4 amide bonds. The van der Waals surface area contributed by atoms with Gasteiger partial charge in [0.05, 0.1) is 79.4 Å². The number of nitrogens with zero attached hydrogens (tertiary/aromatic N) is 3. The van der Waals surface area contributed by atoms with E-state index in [2.05, 4.69) is 17.2 Å². The highest BCUT2D eigenvalue weighted by Crippen LogP contribution is 2.42. The maximum atomic E-state index is 13.6. The lowest BCUT2D eigenvalue weighted by atomic mass is 10.1. The highest BCUT2D eigenvalue weighted by molar-refractivity contribution is 8.18. The van der Waals surface area contributed by atoms with E-state index >= 15 is 0 Å². The molecule has 2 heterocycles. The van der Waals surface area contributed by atoms with E-state index in [1.807, 2.05) is 14.1 Å². The van der Waals surface area contributed by atoms with Crippen molar-refractivity contribution in [2.75, 3.05) is 66.0 Å². The van der Waals surface area contributed by atoms with Gasteiger partial charge < -0.3 is 34.4 Å². The number of amides is 4. The number of carbonyl (C=O) groups is 5. The lowest BCUT2D eigenvalue weighted by molar-refractivity contribution is -0.138. The highest BCUT2D eigenvalue weighted by atomic mass is 32.2. The molecule has 0 saturated carbocycles. The Morgan fingerprint density at radius 1 is 0.932 bits per heavy atom. The van der Waals surface area contributed by atoms with E-state index in [0.717, 1.165) is 27.6 Å². The van der Waals surface area contributed by atoms with Crippen molar-refractivity contribution in [3.8, 4) is 23.3 Å². The summed E-state index contributed by atoms with van der Waals surface area (Å²) in [7, 11) is 5.04. The Kier molecular flexibility index (Phi) is 16.8. The summed E-state index contributed by atoms with van der Waals surface area (Å²) in [6.45, 7) is 4.52. The summed E-state index contributed by atoms with van der Waals surface area (Å²) in [5.74, 6) is -2.14. The van der Waals surface area contributed by atoms with Gasteiger partial charge in [-0.3, -0.25) is 29.0 Å². The quantitative estimate of drug-likeness (QED) is 0.0439. The molecule has 1 saturated heterocycles. The number of fused-ring (bicyclic) bond motifs is 1. The van der Waals surface area contributed by atoms with Crippen molar-refractivity contribution in [3.05, 3.63) is 100.0 Å². The molecular formula is C41H42F3N5O9S. The maximum Gasteiger partial charge on any atom is 0.420 e. The van der Waals surface area contributed by atoms with Crippen LogP contribution in [-0.2, 0) is 25.2 Å². The third kappa shape index (κ3) is 11.6. The number of hydrogen-bond acceptors (Lipinski definition) is 13. The monoisotopic (exact) mass is 837 g/mol. The number of allylic oxidation sites excluding steroid dienone is 1. The Bertz CT molecular complexity index is 2120. The number of nitriles is 1. The van der Waals surface area contributed by atoms with E-state index in [0.29, 0.717) is 36.6 Å². The number of thioether (sulfide) groups is 1. The normalized spacial score (nSPS) is 14.8. The summed E-state index contributed by atoms with van der Waals surface area (Å²) in [6.07, 6.45) is -0.380. The minimum Gasteiger partial charge on any atom is -0.493 e. The third-order valence-corrected chi connectivity index (χ3v) is 9.40. The van der Waals surface area contributed by atoms with Crippen LogP contribution in [0, 0.1) is 11.3 Å². The van der Waals surface area contributed by atoms with Crippen molar-refractivity contribution < 1.29 is 56.1 Å². The first-order chi connectivity index (χ1) is 28.3. The fraction of sp³-hybridized carbons (Fsp3) is 0.317. The summed E-state index contributed by atoms with van der Waals surface area (Å²) in [5.41, 5.74) is -0.0476. The third-order valence-electron chi connectivity index (χ3n) is 8.49. The molecule has 0 radical (unpaired) electrons. The Morgan fingerprint density at radius 3 is 2.31 bits per heavy atom. The molecule has 2 aliphatic rings. The van der Waals surface area contributed by atoms with Crippen molar-refractivity contribution >= 4 is 52.8 Å². The summed E-state index contributed by atoms with van der Waals surface area (Å²) < 4.78 is 62.9. The molecular weight excluding hydrogens is 796 g/mol. The number of hydrogen-bond donors (Lipinski definition) is 2. The molecule has 18 heteroatoms. The van der Waals surface area contributed by atoms with Crippen LogP contribution >= 0.6 is 11.8 Å². The SMILES string of the molecule is C=CCCC(C=O)N1C(=O)c2cccc(NCCOCCOCCN3C(=O)S/C(=C\c4ccc(Oc5ccc(C#N)cc5C(F)(F)F)c(OC)c4)C3=O)c2C1=O.CNC. The van der Waals surface area contributed by atoms with Gasteiger partial charge in [0.15, 0.2) is 11.5 Å². The number of alkyl halides is 3. The predicted octanol–water partition coefficient (Wildman–Crippen LogP) is 6.52. The number of imide groups is 2. The molecule has 1 unspecified atom stereocenters. The lowest BCUT2D eigenvalue weighted by Gasteiger charge is -2.20. The van der Waals surface area contributed by atoms with Gasteiger partial charge in [0, 0.05) is 12.2 Å². The Balaban J connectivity index is 0.00000248. The van der Waals surface area contributed by atoms with Gasteiger partial charge in [0.1, 0.15) is 12.0 Å². The minimum atomic E-state index is -4.78.